The summed E-state index contributed by atoms with van der Waals surface area (Å²) in [6.07, 6.45) is 4.70. The first-order valence-electron chi connectivity index (χ1n) is 9.97. The van der Waals surface area contributed by atoms with Gasteiger partial charge in [0.25, 0.3) is 0 Å². The van der Waals surface area contributed by atoms with Gasteiger partial charge in [-0.05, 0) is 60.2 Å². The molecule has 0 aliphatic rings. The number of nitrogens with two attached hydrogens (primary N) is 1. The Morgan fingerprint density at radius 2 is 1.69 bits per heavy atom. The molecule has 2 heterocycles. The van der Waals surface area contributed by atoms with Crippen molar-refractivity contribution in [3.8, 4) is 5.75 Å². The van der Waals surface area contributed by atoms with E-state index in [0.717, 1.165) is 64.6 Å². The Morgan fingerprint density at radius 3 is 2.45 bits per heavy atom. The molecule has 2 aromatic heterocycles. The van der Waals surface area contributed by atoms with Gasteiger partial charge in [-0.3, -0.25) is 4.98 Å². The Kier molecular flexibility index (Phi) is 5.58. The van der Waals surface area contributed by atoms with Crippen LogP contribution in [0.3, 0.4) is 0 Å². The fraction of sp³-hybridized carbons (Fsp3) is 0.250. The molecule has 3 N–H and O–H groups in total. The first kappa shape index (κ1) is 19.2. The predicted molar refractivity (Wildman–Crippen MR) is 117 cm³/mol. The van der Waals surface area contributed by atoms with Gasteiger partial charge < -0.3 is 15.6 Å². The quantitative estimate of drug-likeness (QED) is 0.459. The fourth-order valence-corrected chi connectivity index (χ4v) is 3.49. The number of aliphatic hydroxyl groups is 1. The number of hydrogen-bond donors (Lipinski definition) is 2. The van der Waals surface area contributed by atoms with Crippen LogP contribution in [0.2, 0.25) is 0 Å². The summed E-state index contributed by atoms with van der Waals surface area (Å²) in [6.45, 7) is 2.83. The van der Waals surface area contributed by atoms with E-state index in [9.17, 15) is 5.11 Å². The molecule has 0 unspecified atom stereocenters. The zero-order valence-electron chi connectivity index (χ0n) is 16.6. The van der Waals surface area contributed by atoms with E-state index in [0.29, 0.717) is 5.82 Å². The van der Waals surface area contributed by atoms with E-state index in [1.807, 2.05) is 36.5 Å². The van der Waals surface area contributed by atoms with Crippen LogP contribution in [0.4, 0.5) is 5.82 Å². The van der Waals surface area contributed by atoms with Crippen LogP contribution in [0, 0.1) is 0 Å². The van der Waals surface area contributed by atoms with Crippen molar-refractivity contribution in [3.05, 3.63) is 71.4 Å². The highest BCUT2D eigenvalue weighted by molar-refractivity contribution is 6.08. The molecule has 148 valence electrons. The van der Waals surface area contributed by atoms with Crippen LogP contribution in [0.15, 0.2) is 54.7 Å². The summed E-state index contributed by atoms with van der Waals surface area (Å²) in [4.78, 5) is 9.03. The molecular formula is C24H25N3O2. The smallest absolute Gasteiger partial charge is 0.150 e. The van der Waals surface area contributed by atoms with Crippen LogP contribution in [-0.4, -0.2) is 21.7 Å². The number of aromatic nitrogens is 2. The Bertz CT molecular complexity index is 1140. The molecule has 0 aliphatic carbocycles. The minimum atomic E-state index is -0.0177. The maximum Gasteiger partial charge on any atom is 0.150 e. The molecule has 0 saturated heterocycles. The lowest BCUT2D eigenvalue weighted by molar-refractivity contribution is 0.282. The summed E-state index contributed by atoms with van der Waals surface area (Å²) >= 11 is 0. The summed E-state index contributed by atoms with van der Waals surface area (Å²) < 4.78 is 5.65. The summed E-state index contributed by atoms with van der Waals surface area (Å²) in [5.74, 6) is 1.33. The summed E-state index contributed by atoms with van der Waals surface area (Å²) in [5, 5.41) is 11.4. The second-order valence-corrected chi connectivity index (χ2v) is 7.24. The number of pyridine rings is 2. The molecule has 0 aliphatic heterocycles. The van der Waals surface area contributed by atoms with E-state index in [2.05, 4.69) is 35.1 Å². The lowest BCUT2D eigenvalue weighted by Gasteiger charge is -2.09. The Morgan fingerprint density at radius 1 is 0.931 bits per heavy atom. The van der Waals surface area contributed by atoms with Gasteiger partial charge in [0.2, 0.25) is 0 Å². The van der Waals surface area contributed by atoms with Gasteiger partial charge in [-0.15, -0.1) is 0 Å². The van der Waals surface area contributed by atoms with Crippen molar-refractivity contribution in [3.63, 3.8) is 0 Å². The SMILES string of the molecule is CCCOc1ccc(CCc2cnc3c(N)nc4cc(CO)ccc4c3c2)cc1. The summed E-state index contributed by atoms with van der Waals surface area (Å²) in [7, 11) is 0. The van der Waals surface area contributed by atoms with Crippen molar-refractivity contribution in [1.29, 1.82) is 0 Å². The highest BCUT2D eigenvalue weighted by atomic mass is 16.5. The fourth-order valence-electron chi connectivity index (χ4n) is 3.49. The number of hydrogen-bond acceptors (Lipinski definition) is 5. The average Bonchev–Trinajstić information content (AvgIpc) is 2.76. The van der Waals surface area contributed by atoms with Gasteiger partial charge in [0.15, 0.2) is 5.82 Å². The molecule has 2 aromatic carbocycles. The molecule has 5 heteroatoms. The topological polar surface area (TPSA) is 81.3 Å². The first-order valence-corrected chi connectivity index (χ1v) is 9.97. The number of ether oxygens (including phenoxy) is 1. The second-order valence-electron chi connectivity index (χ2n) is 7.24. The third-order valence-electron chi connectivity index (χ3n) is 5.06. The minimum absolute atomic E-state index is 0.0177. The molecule has 0 amide bonds. The van der Waals surface area contributed by atoms with Gasteiger partial charge in [0.1, 0.15) is 11.3 Å². The van der Waals surface area contributed by atoms with E-state index < -0.39 is 0 Å². The Hall–Kier alpha value is -3.18. The van der Waals surface area contributed by atoms with Gasteiger partial charge in [-0.1, -0.05) is 31.2 Å². The molecule has 29 heavy (non-hydrogen) atoms. The maximum absolute atomic E-state index is 9.38. The number of fused-ring (bicyclic) bond motifs is 3. The maximum atomic E-state index is 9.38. The number of aliphatic hydroxyl groups excluding tert-OH is 1. The zero-order valence-corrected chi connectivity index (χ0v) is 16.6. The lowest BCUT2D eigenvalue weighted by Crippen LogP contribution is -1.99. The Balaban J connectivity index is 1.58. The van der Waals surface area contributed by atoms with E-state index in [1.54, 1.807) is 0 Å². The van der Waals surface area contributed by atoms with Gasteiger partial charge in [0.05, 0.1) is 18.7 Å². The van der Waals surface area contributed by atoms with Crippen LogP contribution in [-0.2, 0) is 19.4 Å². The van der Waals surface area contributed by atoms with Gasteiger partial charge in [0, 0.05) is 17.0 Å². The van der Waals surface area contributed by atoms with Gasteiger partial charge in [-0.25, -0.2) is 4.98 Å². The summed E-state index contributed by atoms with van der Waals surface area (Å²) in [6, 6.07) is 16.2. The summed E-state index contributed by atoms with van der Waals surface area (Å²) in [5.41, 5.74) is 10.9. The van der Waals surface area contributed by atoms with Crippen molar-refractivity contribution < 1.29 is 9.84 Å². The van der Waals surface area contributed by atoms with Crippen molar-refractivity contribution >= 4 is 27.6 Å². The number of rotatable bonds is 7. The normalized spacial score (nSPS) is 11.2. The van der Waals surface area contributed by atoms with E-state index in [1.165, 1.54) is 5.56 Å². The molecule has 0 spiro atoms. The Labute approximate surface area is 170 Å². The molecule has 0 radical (unpaired) electrons. The van der Waals surface area contributed by atoms with Crippen molar-refractivity contribution in [2.24, 2.45) is 0 Å². The van der Waals surface area contributed by atoms with Crippen LogP contribution in [0.1, 0.15) is 30.0 Å². The molecule has 0 bridgehead atoms. The molecule has 4 aromatic rings. The van der Waals surface area contributed by atoms with Gasteiger partial charge >= 0.3 is 0 Å². The van der Waals surface area contributed by atoms with E-state index in [4.69, 9.17) is 10.5 Å². The first-order chi connectivity index (χ1) is 14.2. The highest BCUT2D eigenvalue weighted by Gasteiger charge is 2.09. The highest BCUT2D eigenvalue weighted by Crippen LogP contribution is 2.28. The number of benzene rings is 2. The van der Waals surface area contributed by atoms with E-state index >= 15 is 0 Å². The molecule has 0 atom stereocenters. The van der Waals surface area contributed by atoms with Crippen LogP contribution >= 0.6 is 0 Å². The van der Waals surface area contributed by atoms with Crippen molar-refractivity contribution in [1.82, 2.24) is 9.97 Å². The number of anilines is 1. The number of aryl methyl sites for hydroxylation is 2. The monoisotopic (exact) mass is 387 g/mol. The molecule has 4 rings (SSSR count). The number of nitrogen functional groups attached to an aromatic ring is 1. The standard InChI is InChI=1S/C24H25N3O2/c1-2-11-29-19-8-5-16(6-9-19)3-4-17-12-21-20-10-7-18(15-28)13-22(20)27-24(25)23(21)26-14-17/h5-10,12-14,28H,2-4,11,15H2,1H3,(H2,25,27). The molecular weight excluding hydrogens is 362 g/mol. The van der Waals surface area contributed by atoms with Crippen LogP contribution in [0.5, 0.6) is 5.75 Å². The van der Waals surface area contributed by atoms with Crippen molar-refractivity contribution in [2.75, 3.05) is 12.3 Å². The van der Waals surface area contributed by atoms with Crippen LogP contribution < -0.4 is 10.5 Å². The molecule has 0 fully saturated rings. The van der Waals surface area contributed by atoms with Crippen LogP contribution in [0.25, 0.3) is 21.8 Å². The van der Waals surface area contributed by atoms with Gasteiger partial charge in [-0.2, -0.15) is 0 Å². The lowest BCUT2D eigenvalue weighted by atomic mass is 10.0. The van der Waals surface area contributed by atoms with Crippen molar-refractivity contribution in [2.45, 2.75) is 32.8 Å². The largest absolute Gasteiger partial charge is 0.494 e. The third kappa shape index (κ3) is 4.15. The average molecular weight is 387 g/mol. The minimum Gasteiger partial charge on any atom is -0.494 e. The molecule has 0 saturated carbocycles. The third-order valence-corrected chi connectivity index (χ3v) is 5.06. The number of nitrogens with zero attached hydrogens (tertiary/aromatic N) is 2. The van der Waals surface area contributed by atoms with E-state index in [-0.39, 0.29) is 6.61 Å². The second kappa shape index (κ2) is 8.45. The predicted octanol–water partition coefficient (Wildman–Crippen LogP) is 4.43. The zero-order chi connectivity index (χ0) is 20.2. The molecule has 5 nitrogen and oxygen atoms in total.